The van der Waals surface area contributed by atoms with Gasteiger partial charge in [0.15, 0.2) is 11.2 Å². The molecule has 37 heavy (non-hydrogen) atoms. The van der Waals surface area contributed by atoms with Crippen LogP contribution >= 0.6 is 0 Å². The zero-order valence-electron chi connectivity index (χ0n) is 20.0. The Kier molecular flexibility index (Phi) is 9.99. The number of nitrogens with two attached hydrogens (primary N) is 1. The van der Waals surface area contributed by atoms with E-state index in [4.69, 9.17) is 15.9 Å². The molecular weight excluding hydrogens is 488 g/mol. The number of fused-ring (bicyclic) bond motifs is 1. The molecule has 0 aliphatic rings. The minimum absolute atomic E-state index is 0.0524. The highest BCUT2D eigenvalue weighted by Gasteiger charge is 2.21. The summed E-state index contributed by atoms with van der Waals surface area (Å²) in [5.41, 5.74) is 6.47. The van der Waals surface area contributed by atoms with Crippen molar-refractivity contribution < 1.29 is 29.4 Å². The summed E-state index contributed by atoms with van der Waals surface area (Å²) in [6.07, 6.45) is 1.59. The number of nitrogens with zero attached hydrogens (tertiary/aromatic N) is 4. The van der Waals surface area contributed by atoms with Crippen LogP contribution in [0.1, 0.15) is 28.9 Å². The molecule has 196 valence electrons. The molecule has 2 aromatic heterocycles. The first-order valence-corrected chi connectivity index (χ1v) is 10.7. The number of hydrogen-bond acceptors (Lipinski definition) is 10. The monoisotopic (exact) mass is 514 g/mol. The zero-order chi connectivity index (χ0) is 27.5. The number of rotatable bonds is 10. The number of hydrogen-bond donors (Lipinski definition) is 6. The molecule has 3 aromatic rings. The van der Waals surface area contributed by atoms with E-state index in [1.165, 1.54) is 23.2 Å². The molecule has 0 saturated heterocycles. The summed E-state index contributed by atoms with van der Waals surface area (Å²) in [5, 5.41) is 23.2. The Hall–Kier alpha value is -5.08. The molecule has 1 unspecified atom stereocenters. The standard InChI is InChI=1S/C19H19N7O6.C3H7NO/c20-19-25-15-14(17(30)26-19)23-11(8-22-15)7-21-10-3-1-9(2-4-10)16(29)24-12(18(31)32)5-6-13(27)28;1-4(2)3-5/h1-4,8,12,21H,5-7H2,(H,24,29)(H,27,28)(H,31,32)(H3,20,22,25,26,30);3H,1-2H3. The number of benzene rings is 1. The van der Waals surface area contributed by atoms with Crippen molar-refractivity contribution in [1.82, 2.24) is 30.2 Å². The maximum atomic E-state index is 12.3. The topological polar surface area (TPSA) is 234 Å². The van der Waals surface area contributed by atoms with E-state index in [0.29, 0.717) is 11.4 Å². The molecule has 0 fully saturated rings. The van der Waals surface area contributed by atoms with Crippen molar-refractivity contribution in [3.05, 3.63) is 52.1 Å². The first-order chi connectivity index (χ1) is 17.5. The van der Waals surface area contributed by atoms with Crippen molar-refractivity contribution in [1.29, 1.82) is 0 Å². The van der Waals surface area contributed by atoms with E-state index in [0.717, 1.165) is 6.41 Å². The predicted octanol–water partition coefficient (Wildman–Crippen LogP) is -0.340. The third kappa shape index (κ3) is 8.89. The summed E-state index contributed by atoms with van der Waals surface area (Å²) in [6, 6.07) is 4.86. The van der Waals surface area contributed by atoms with Gasteiger partial charge in [-0.3, -0.25) is 24.2 Å². The number of aliphatic carboxylic acids is 2. The zero-order valence-corrected chi connectivity index (χ0v) is 20.0. The molecular formula is C22H26N8O7. The number of aromatic amines is 1. The highest BCUT2D eigenvalue weighted by molar-refractivity contribution is 5.96. The fourth-order valence-electron chi connectivity index (χ4n) is 2.75. The largest absolute Gasteiger partial charge is 0.481 e. The second-order valence-electron chi connectivity index (χ2n) is 7.78. The minimum Gasteiger partial charge on any atom is -0.481 e. The van der Waals surface area contributed by atoms with Crippen LogP contribution in [0.5, 0.6) is 0 Å². The van der Waals surface area contributed by atoms with Crippen LogP contribution < -0.4 is 21.9 Å². The van der Waals surface area contributed by atoms with Crippen LogP contribution in [0.25, 0.3) is 11.2 Å². The lowest BCUT2D eigenvalue weighted by molar-refractivity contribution is -0.140. The molecule has 2 amide bonds. The van der Waals surface area contributed by atoms with Gasteiger partial charge in [0.05, 0.1) is 18.4 Å². The fraction of sp³-hybridized carbons (Fsp3) is 0.273. The number of aromatic nitrogens is 4. The number of carbonyl (C=O) groups excluding carboxylic acids is 2. The number of nitrogen functional groups attached to an aromatic ring is 1. The highest BCUT2D eigenvalue weighted by atomic mass is 16.4. The van der Waals surface area contributed by atoms with Crippen molar-refractivity contribution >= 4 is 47.1 Å². The number of carbonyl (C=O) groups is 4. The average molecular weight is 514 g/mol. The van der Waals surface area contributed by atoms with Gasteiger partial charge in [0.1, 0.15) is 6.04 Å². The van der Waals surface area contributed by atoms with Gasteiger partial charge in [-0.1, -0.05) is 0 Å². The van der Waals surface area contributed by atoms with Crippen molar-refractivity contribution in [3.8, 4) is 0 Å². The molecule has 0 bridgehead atoms. The average Bonchev–Trinajstić information content (AvgIpc) is 2.85. The number of carboxylic acid groups (broad SMARTS) is 2. The summed E-state index contributed by atoms with van der Waals surface area (Å²) in [4.78, 5) is 71.4. The first-order valence-electron chi connectivity index (χ1n) is 10.7. The quantitative estimate of drug-likeness (QED) is 0.191. The second kappa shape index (κ2) is 13.1. The highest BCUT2D eigenvalue weighted by Crippen LogP contribution is 2.12. The van der Waals surface area contributed by atoms with Crippen LogP contribution in [-0.4, -0.2) is 79.4 Å². The SMILES string of the molecule is CN(C)C=O.Nc1nc2ncc(CNc3ccc(C(=O)NC(CCC(=O)O)C(=O)O)cc3)nc2c(=O)[nH]1. The van der Waals surface area contributed by atoms with Gasteiger partial charge in [0.25, 0.3) is 11.5 Å². The van der Waals surface area contributed by atoms with E-state index in [9.17, 15) is 24.0 Å². The summed E-state index contributed by atoms with van der Waals surface area (Å²) >= 11 is 0. The molecule has 7 N–H and O–H groups in total. The molecule has 1 atom stereocenters. The lowest BCUT2D eigenvalue weighted by atomic mass is 10.1. The van der Waals surface area contributed by atoms with Gasteiger partial charge in [-0.05, 0) is 30.7 Å². The van der Waals surface area contributed by atoms with Crippen molar-refractivity contribution in [2.24, 2.45) is 0 Å². The van der Waals surface area contributed by atoms with Gasteiger partial charge in [-0.15, -0.1) is 0 Å². The molecule has 0 aliphatic heterocycles. The maximum Gasteiger partial charge on any atom is 0.326 e. The van der Waals surface area contributed by atoms with Crippen molar-refractivity contribution in [3.63, 3.8) is 0 Å². The molecule has 0 spiro atoms. The molecule has 0 radical (unpaired) electrons. The summed E-state index contributed by atoms with van der Waals surface area (Å²) in [6.45, 7) is 0.231. The van der Waals surface area contributed by atoms with Crippen LogP contribution in [0.2, 0.25) is 0 Å². The number of anilines is 2. The minimum atomic E-state index is -1.31. The first kappa shape index (κ1) is 28.2. The van der Waals surface area contributed by atoms with E-state index in [1.54, 1.807) is 26.2 Å². The van der Waals surface area contributed by atoms with Gasteiger partial charge < -0.3 is 31.5 Å². The third-order valence-corrected chi connectivity index (χ3v) is 4.57. The van der Waals surface area contributed by atoms with E-state index < -0.39 is 29.4 Å². The van der Waals surface area contributed by atoms with Gasteiger partial charge in [0.2, 0.25) is 12.4 Å². The van der Waals surface area contributed by atoms with Crippen LogP contribution in [-0.2, 0) is 20.9 Å². The summed E-state index contributed by atoms with van der Waals surface area (Å²) < 4.78 is 0. The molecule has 15 heteroatoms. The molecule has 15 nitrogen and oxygen atoms in total. The Morgan fingerprint density at radius 2 is 1.81 bits per heavy atom. The smallest absolute Gasteiger partial charge is 0.326 e. The van der Waals surface area contributed by atoms with E-state index in [-0.39, 0.29) is 42.1 Å². The molecule has 2 heterocycles. The molecule has 0 aliphatic carbocycles. The van der Waals surface area contributed by atoms with E-state index >= 15 is 0 Å². The number of H-pyrrole nitrogens is 1. The fourth-order valence-corrected chi connectivity index (χ4v) is 2.75. The maximum absolute atomic E-state index is 12.3. The van der Waals surface area contributed by atoms with E-state index in [2.05, 4.69) is 30.6 Å². The summed E-state index contributed by atoms with van der Waals surface area (Å²) in [5.74, 6) is -3.16. The Balaban J connectivity index is 0.000000877. The predicted molar refractivity (Wildman–Crippen MR) is 132 cm³/mol. The normalized spacial score (nSPS) is 11.0. The molecule has 0 saturated carbocycles. The Morgan fingerprint density at radius 3 is 2.38 bits per heavy atom. The van der Waals surface area contributed by atoms with Gasteiger partial charge in [-0.25, -0.2) is 14.8 Å². The number of amides is 2. The van der Waals surface area contributed by atoms with Gasteiger partial charge in [0, 0.05) is 31.8 Å². The number of nitrogens with one attached hydrogen (secondary N) is 3. The Bertz CT molecular complexity index is 1320. The van der Waals surface area contributed by atoms with Crippen molar-refractivity contribution in [2.75, 3.05) is 25.1 Å². The van der Waals surface area contributed by atoms with E-state index in [1.807, 2.05) is 0 Å². The van der Waals surface area contributed by atoms with Crippen molar-refractivity contribution in [2.45, 2.75) is 25.4 Å². The lowest BCUT2D eigenvalue weighted by Crippen LogP contribution is -2.41. The summed E-state index contributed by atoms with van der Waals surface area (Å²) in [7, 11) is 3.38. The van der Waals surface area contributed by atoms with Crippen LogP contribution in [0.4, 0.5) is 11.6 Å². The second-order valence-corrected chi connectivity index (χ2v) is 7.78. The van der Waals surface area contributed by atoms with Crippen LogP contribution in [0.3, 0.4) is 0 Å². The Morgan fingerprint density at radius 1 is 1.16 bits per heavy atom. The Labute approximate surface area is 209 Å². The van der Waals surface area contributed by atoms with Crippen LogP contribution in [0.15, 0.2) is 35.3 Å². The molecule has 1 aromatic carbocycles. The van der Waals surface area contributed by atoms with Crippen LogP contribution in [0, 0.1) is 0 Å². The van der Waals surface area contributed by atoms with Gasteiger partial charge >= 0.3 is 11.9 Å². The number of carboxylic acids is 2. The third-order valence-electron chi connectivity index (χ3n) is 4.57. The van der Waals surface area contributed by atoms with Gasteiger partial charge in [-0.2, -0.15) is 4.98 Å². The molecule has 3 rings (SSSR count). The lowest BCUT2D eigenvalue weighted by Gasteiger charge is -2.14.